The Kier molecular flexibility index (Phi) is 3.40. The number of rotatable bonds is 3. The number of nitrogens with zero attached hydrogens (tertiary/aromatic N) is 5. The van der Waals surface area contributed by atoms with Crippen LogP contribution in [0.25, 0.3) is 5.78 Å². The largest absolute Gasteiger partial charge is 0.291 e. The SMILES string of the molecule is c1cn2ccc([C@@H]3CCCCN3Cc3cncs3)nc2n1. The smallest absolute Gasteiger partial charge is 0.233 e. The maximum atomic E-state index is 4.74. The van der Waals surface area contributed by atoms with Gasteiger partial charge in [0, 0.05) is 36.2 Å². The van der Waals surface area contributed by atoms with Crippen molar-refractivity contribution in [3.8, 4) is 0 Å². The molecule has 108 valence electrons. The zero-order valence-electron chi connectivity index (χ0n) is 11.7. The second-order valence-corrected chi connectivity index (χ2v) is 6.41. The van der Waals surface area contributed by atoms with Gasteiger partial charge in [-0.3, -0.25) is 14.3 Å². The Labute approximate surface area is 127 Å². The minimum atomic E-state index is 0.391. The quantitative estimate of drug-likeness (QED) is 0.746. The first-order valence-electron chi connectivity index (χ1n) is 7.31. The molecule has 0 saturated carbocycles. The molecule has 0 spiro atoms. The van der Waals surface area contributed by atoms with Crippen LogP contribution in [0, 0.1) is 0 Å². The van der Waals surface area contributed by atoms with Gasteiger partial charge in [0.2, 0.25) is 5.78 Å². The molecule has 4 rings (SSSR count). The zero-order valence-corrected chi connectivity index (χ0v) is 12.5. The molecule has 0 unspecified atom stereocenters. The van der Waals surface area contributed by atoms with Gasteiger partial charge in [-0.25, -0.2) is 9.97 Å². The van der Waals surface area contributed by atoms with Gasteiger partial charge in [0.05, 0.1) is 17.2 Å². The summed E-state index contributed by atoms with van der Waals surface area (Å²) >= 11 is 1.73. The molecule has 0 radical (unpaired) electrons. The molecule has 1 atom stereocenters. The Morgan fingerprint density at radius 1 is 1.29 bits per heavy atom. The highest BCUT2D eigenvalue weighted by Gasteiger charge is 2.25. The molecule has 3 aromatic rings. The first-order chi connectivity index (χ1) is 10.4. The normalized spacial score (nSPS) is 20.1. The maximum Gasteiger partial charge on any atom is 0.233 e. The molecule has 0 aliphatic carbocycles. The van der Waals surface area contributed by atoms with E-state index in [1.165, 1.54) is 24.1 Å². The predicted molar refractivity (Wildman–Crippen MR) is 82.1 cm³/mol. The minimum Gasteiger partial charge on any atom is -0.291 e. The molecule has 0 N–H and O–H groups in total. The van der Waals surface area contributed by atoms with Crippen LogP contribution in [0.5, 0.6) is 0 Å². The number of thiazole rings is 1. The summed E-state index contributed by atoms with van der Waals surface area (Å²) < 4.78 is 1.96. The molecule has 5 nitrogen and oxygen atoms in total. The van der Waals surface area contributed by atoms with Crippen molar-refractivity contribution in [2.24, 2.45) is 0 Å². The van der Waals surface area contributed by atoms with E-state index in [4.69, 9.17) is 4.98 Å². The van der Waals surface area contributed by atoms with E-state index in [1.54, 1.807) is 17.5 Å². The third kappa shape index (κ3) is 2.56. The lowest BCUT2D eigenvalue weighted by Gasteiger charge is -2.34. The van der Waals surface area contributed by atoms with Crippen molar-refractivity contribution in [3.05, 3.63) is 46.9 Å². The lowest BCUT2D eigenvalue weighted by Crippen LogP contribution is -2.33. The van der Waals surface area contributed by atoms with Gasteiger partial charge in [-0.05, 0) is 25.5 Å². The second kappa shape index (κ2) is 5.54. The topological polar surface area (TPSA) is 46.3 Å². The monoisotopic (exact) mass is 299 g/mol. The van der Waals surface area contributed by atoms with E-state index >= 15 is 0 Å². The molecule has 6 heteroatoms. The molecule has 0 amide bonds. The Hall–Kier alpha value is -1.79. The summed E-state index contributed by atoms with van der Waals surface area (Å²) in [6.07, 6.45) is 11.5. The van der Waals surface area contributed by atoms with E-state index in [0.717, 1.165) is 24.6 Å². The van der Waals surface area contributed by atoms with Crippen molar-refractivity contribution in [1.82, 2.24) is 24.3 Å². The maximum absolute atomic E-state index is 4.74. The van der Waals surface area contributed by atoms with E-state index in [1.807, 2.05) is 22.3 Å². The summed E-state index contributed by atoms with van der Waals surface area (Å²) in [4.78, 5) is 17.1. The Bertz CT molecular complexity index is 721. The highest BCUT2D eigenvalue weighted by molar-refractivity contribution is 7.09. The number of fused-ring (bicyclic) bond motifs is 1. The molecule has 0 bridgehead atoms. The standard InChI is InChI=1S/C15H17N5S/c1-2-6-20(10-12-9-16-11-21-12)14(3-1)13-4-7-19-8-5-17-15(19)18-13/h4-5,7-9,11,14H,1-3,6,10H2/t14-/m0/s1. The van der Waals surface area contributed by atoms with Crippen molar-refractivity contribution in [2.75, 3.05) is 6.54 Å². The van der Waals surface area contributed by atoms with E-state index in [2.05, 4.69) is 27.1 Å². The van der Waals surface area contributed by atoms with Crippen LogP contribution >= 0.6 is 11.3 Å². The first kappa shape index (κ1) is 12.9. The number of imidazole rings is 1. The van der Waals surface area contributed by atoms with Crippen LogP contribution in [0.1, 0.15) is 35.9 Å². The van der Waals surface area contributed by atoms with Gasteiger partial charge in [0.1, 0.15) is 0 Å². The van der Waals surface area contributed by atoms with Gasteiger partial charge in [-0.1, -0.05) is 6.42 Å². The predicted octanol–water partition coefficient (Wildman–Crippen LogP) is 2.91. The van der Waals surface area contributed by atoms with Gasteiger partial charge in [0.25, 0.3) is 0 Å². The zero-order chi connectivity index (χ0) is 14.1. The van der Waals surface area contributed by atoms with E-state index < -0.39 is 0 Å². The minimum absolute atomic E-state index is 0.391. The van der Waals surface area contributed by atoms with Gasteiger partial charge < -0.3 is 0 Å². The molecule has 1 fully saturated rings. The van der Waals surface area contributed by atoms with E-state index in [9.17, 15) is 0 Å². The highest BCUT2D eigenvalue weighted by atomic mass is 32.1. The molecule has 1 saturated heterocycles. The average Bonchev–Trinajstić information content (AvgIpc) is 3.18. The van der Waals surface area contributed by atoms with Crippen LogP contribution in [0.4, 0.5) is 0 Å². The van der Waals surface area contributed by atoms with Crippen LogP contribution < -0.4 is 0 Å². The van der Waals surface area contributed by atoms with Crippen LogP contribution in [-0.2, 0) is 6.54 Å². The molecular weight excluding hydrogens is 282 g/mol. The summed E-state index contributed by atoms with van der Waals surface area (Å²) in [6.45, 7) is 2.10. The van der Waals surface area contributed by atoms with Crippen molar-refractivity contribution >= 4 is 17.1 Å². The molecule has 1 aliphatic rings. The van der Waals surface area contributed by atoms with Crippen LogP contribution in [-0.4, -0.2) is 30.8 Å². The number of hydrogen-bond acceptors (Lipinski definition) is 5. The average molecular weight is 299 g/mol. The fourth-order valence-corrected chi connectivity index (χ4v) is 3.66. The van der Waals surface area contributed by atoms with Gasteiger partial charge in [-0.15, -0.1) is 11.3 Å². The summed E-state index contributed by atoms with van der Waals surface area (Å²) in [5, 5.41) is 0. The number of likely N-dealkylation sites (tertiary alicyclic amines) is 1. The van der Waals surface area contributed by atoms with Gasteiger partial charge >= 0.3 is 0 Å². The third-order valence-electron chi connectivity index (χ3n) is 4.08. The summed E-state index contributed by atoms with van der Waals surface area (Å²) in [7, 11) is 0. The lowest BCUT2D eigenvalue weighted by atomic mass is 9.99. The number of aromatic nitrogens is 4. The second-order valence-electron chi connectivity index (χ2n) is 5.44. The third-order valence-corrected chi connectivity index (χ3v) is 4.85. The van der Waals surface area contributed by atoms with Crippen LogP contribution in [0.3, 0.4) is 0 Å². The number of piperidine rings is 1. The van der Waals surface area contributed by atoms with E-state index in [0.29, 0.717) is 6.04 Å². The van der Waals surface area contributed by atoms with Crippen molar-refractivity contribution in [3.63, 3.8) is 0 Å². The van der Waals surface area contributed by atoms with E-state index in [-0.39, 0.29) is 0 Å². The van der Waals surface area contributed by atoms with Crippen LogP contribution in [0.2, 0.25) is 0 Å². The van der Waals surface area contributed by atoms with Gasteiger partial charge in [-0.2, -0.15) is 0 Å². The summed E-state index contributed by atoms with van der Waals surface area (Å²) in [5.41, 5.74) is 3.04. The lowest BCUT2D eigenvalue weighted by molar-refractivity contribution is 0.138. The molecule has 4 heterocycles. The molecule has 21 heavy (non-hydrogen) atoms. The van der Waals surface area contributed by atoms with Gasteiger partial charge in [0.15, 0.2) is 0 Å². The van der Waals surface area contributed by atoms with Crippen LogP contribution in [0.15, 0.2) is 36.4 Å². The Morgan fingerprint density at radius 3 is 3.19 bits per heavy atom. The molecule has 1 aliphatic heterocycles. The van der Waals surface area contributed by atoms with Crippen molar-refractivity contribution < 1.29 is 0 Å². The molecular formula is C15H17N5S. The fourth-order valence-electron chi connectivity index (χ4n) is 3.04. The number of hydrogen-bond donors (Lipinski definition) is 0. The fraction of sp³-hybridized carbons (Fsp3) is 0.400. The Morgan fingerprint density at radius 2 is 2.29 bits per heavy atom. The first-order valence-corrected chi connectivity index (χ1v) is 8.19. The van der Waals surface area contributed by atoms with Crippen molar-refractivity contribution in [1.29, 1.82) is 0 Å². The summed E-state index contributed by atoms with van der Waals surface area (Å²) in [5.74, 6) is 0.788. The molecule has 0 aromatic carbocycles. The van der Waals surface area contributed by atoms with Crippen molar-refractivity contribution in [2.45, 2.75) is 31.8 Å². The highest BCUT2D eigenvalue weighted by Crippen LogP contribution is 2.31. The summed E-state index contributed by atoms with van der Waals surface area (Å²) in [6, 6.07) is 2.52. The molecule has 3 aromatic heterocycles. The Balaban J connectivity index is 1.63.